The SMILES string of the molecule is COC(=O)C1=C=C([C@H](C)CC(=O)C2=N/C=N/N(C)NN(C)/C(C=O)=C\2)C=C1. The van der Waals surface area contributed by atoms with Crippen LogP contribution in [-0.2, 0) is 19.1 Å². The Morgan fingerprint density at radius 1 is 1.37 bits per heavy atom. The van der Waals surface area contributed by atoms with Crippen LogP contribution < -0.4 is 5.53 Å². The minimum Gasteiger partial charge on any atom is -0.465 e. The minimum absolute atomic E-state index is 0.108. The van der Waals surface area contributed by atoms with Gasteiger partial charge in [-0.2, -0.15) is 0 Å². The van der Waals surface area contributed by atoms with Gasteiger partial charge in [0.25, 0.3) is 0 Å². The first kappa shape index (κ1) is 20.0. The highest BCUT2D eigenvalue weighted by atomic mass is 16.5. The summed E-state index contributed by atoms with van der Waals surface area (Å²) in [6.45, 7) is 1.85. The number of methoxy groups -OCH3 is 1. The van der Waals surface area contributed by atoms with Crippen molar-refractivity contribution >= 4 is 30.1 Å². The molecule has 0 aromatic rings. The summed E-state index contributed by atoms with van der Waals surface area (Å²) in [5.74, 6) is -0.940. The van der Waals surface area contributed by atoms with Crippen LogP contribution in [0.15, 0.2) is 50.9 Å². The van der Waals surface area contributed by atoms with Crippen LogP contribution in [0.3, 0.4) is 0 Å². The van der Waals surface area contributed by atoms with Crippen molar-refractivity contribution in [3.8, 4) is 0 Å². The van der Waals surface area contributed by atoms with E-state index >= 15 is 0 Å². The summed E-state index contributed by atoms with van der Waals surface area (Å²) in [5, 5.41) is 6.75. The number of esters is 1. The zero-order chi connectivity index (χ0) is 20.0. The number of hydrogen-bond acceptors (Lipinski definition) is 9. The standard InChI is InChI=1S/C18H21N5O4/c1-12(13-5-6-14(8-13)18(26)27-4)7-17(25)16-9-15(10-24)22(2)21-23(3)20-11-19-16/h5-6,9-12,21H,7H2,1-4H3/b15-9-,19-16+,20-11+/t12-/m1/s1. The van der Waals surface area contributed by atoms with E-state index in [0.717, 1.165) is 5.57 Å². The van der Waals surface area contributed by atoms with Crippen LogP contribution in [-0.4, -0.2) is 61.4 Å². The fourth-order valence-electron chi connectivity index (χ4n) is 2.43. The molecule has 1 N–H and O–H groups in total. The summed E-state index contributed by atoms with van der Waals surface area (Å²) in [4.78, 5) is 39.6. The van der Waals surface area contributed by atoms with E-state index in [-0.39, 0.29) is 29.5 Å². The number of hydrogen-bond donors (Lipinski definition) is 1. The van der Waals surface area contributed by atoms with Crippen molar-refractivity contribution in [1.82, 2.24) is 15.7 Å². The molecule has 0 amide bonds. The summed E-state index contributed by atoms with van der Waals surface area (Å²) in [6, 6.07) is 0. The van der Waals surface area contributed by atoms with E-state index in [9.17, 15) is 14.4 Å². The number of rotatable bonds is 6. The number of ketones is 1. The molecule has 0 saturated carbocycles. The van der Waals surface area contributed by atoms with Gasteiger partial charge in [-0.05, 0) is 29.7 Å². The van der Waals surface area contributed by atoms with Crippen LogP contribution in [0.25, 0.3) is 0 Å². The molecule has 27 heavy (non-hydrogen) atoms. The molecule has 1 heterocycles. The zero-order valence-corrected chi connectivity index (χ0v) is 15.6. The second-order valence-electron chi connectivity index (χ2n) is 5.96. The summed E-state index contributed by atoms with van der Waals surface area (Å²) >= 11 is 0. The summed E-state index contributed by atoms with van der Waals surface area (Å²) in [7, 11) is 4.55. The maximum Gasteiger partial charge on any atom is 0.345 e. The van der Waals surface area contributed by atoms with Crippen LogP contribution in [0.5, 0.6) is 0 Å². The topological polar surface area (TPSA) is 104 Å². The minimum atomic E-state index is -0.477. The normalized spacial score (nSPS) is 22.8. The molecule has 2 aliphatic rings. The number of carbonyl (C=O) groups excluding carboxylic acids is 3. The Labute approximate surface area is 157 Å². The van der Waals surface area contributed by atoms with Crippen LogP contribution in [0, 0.1) is 5.92 Å². The van der Waals surface area contributed by atoms with Crippen molar-refractivity contribution in [1.29, 1.82) is 0 Å². The van der Waals surface area contributed by atoms with Gasteiger partial charge in [-0.25, -0.2) is 14.9 Å². The highest BCUT2D eigenvalue weighted by molar-refractivity contribution is 6.45. The van der Waals surface area contributed by atoms with Crippen LogP contribution in [0.1, 0.15) is 13.3 Å². The Morgan fingerprint density at radius 3 is 2.78 bits per heavy atom. The predicted molar refractivity (Wildman–Crippen MR) is 99.2 cm³/mol. The largest absolute Gasteiger partial charge is 0.465 e. The Kier molecular flexibility index (Phi) is 6.59. The third-order valence-electron chi connectivity index (χ3n) is 3.93. The van der Waals surface area contributed by atoms with Gasteiger partial charge in [0, 0.05) is 20.5 Å². The molecule has 0 spiro atoms. The first-order chi connectivity index (χ1) is 12.8. The predicted octanol–water partition coefficient (Wildman–Crippen LogP) is 0.540. The molecular weight excluding hydrogens is 350 g/mol. The van der Waals surface area contributed by atoms with Crippen molar-refractivity contribution < 1.29 is 19.1 Å². The number of aliphatic imine (C=N–C) groups is 1. The molecule has 9 heteroatoms. The first-order valence-electron chi connectivity index (χ1n) is 8.17. The Bertz CT molecular complexity index is 831. The lowest BCUT2D eigenvalue weighted by molar-refractivity contribution is -0.135. The molecule has 0 aromatic heterocycles. The van der Waals surface area contributed by atoms with Gasteiger partial charge < -0.3 is 4.74 Å². The molecule has 2 rings (SSSR count). The number of nitrogens with one attached hydrogen (secondary N) is 1. The van der Waals surface area contributed by atoms with Crippen molar-refractivity contribution in [2.24, 2.45) is 16.0 Å². The first-order valence-corrected chi connectivity index (χ1v) is 8.17. The fourth-order valence-corrected chi connectivity index (χ4v) is 2.43. The monoisotopic (exact) mass is 371 g/mol. The van der Waals surface area contributed by atoms with Gasteiger partial charge in [0.2, 0.25) is 0 Å². The quantitative estimate of drug-likeness (QED) is 0.413. The highest BCUT2D eigenvalue weighted by Crippen LogP contribution is 2.22. The molecule has 1 aliphatic heterocycles. The summed E-state index contributed by atoms with van der Waals surface area (Å²) in [6.07, 6.45) is 6.71. The number of nitrogens with zero attached hydrogens (tertiary/aromatic N) is 4. The lowest BCUT2D eigenvalue weighted by atomic mass is 9.95. The lowest BCUT2D eigenvalue weighted by Crippen LogP contribution is -2.43. The van der Waals surface area contributed by atoms with Gasteiger partial charge in [-0.3, -0.25) is 14.6 Å². The van der Waals surface area contributed by atoms with E-state index in [1.807, 2.05) is 6.92 Å². The summed E-state index contributed by atoms with van der Waals surface area (Å²) in [5.41, 5.74) is 7.12. The fraction of sp³-hybridized carbons (Fsp3) is 0.333. The van der Waals surface area contributed by atoms with Gasteiger partial charge in [-0.1, -0.05) is 6.92 Å². The van der Waals surface area contributed by atoms with Crippen molar-refractivity contribution in [2.45, 2.75) is 13.3 Å². The van der Waals surface area contributed by atoms with Gasteiger partial charge in [0.15, 0.2) is 12.1 Å². The number of likely N-dealkylation sites (N-methyl/N-ethyl adjacent to an activating group) is 1. The molecule has 0 fully saturated rings. The van der Waals surface area contributed by atoms with E-state index < -0.39 is 5.97 Å². The number of Topliss-reactive ketones (excluding diaryl/α,β-unsaturated/α-hetero) is 1. The Morgan fingerprint density at radius 2 is 2.11 bits per heavy atom. The molecule has 142 valence electrons. The van der Waals surface area contributed by atoms with Crippen molar-refractivity contribution in [3.63, 3.8) is 0 Å². The van der Waals surface area contributed by atoms with Gasteiger partial charge in [-0.15, -0.1) is 16.4 Å². The van der Waals surface area contributed by atoms with Gasteiger partial charge >= 0.3 is 5.97 Å². The number of allylic oxidation sites excluding steroid dienone is 3. The van der Waals surface area contributed by atoms with Gasteiger partial charge in [0.05, 0.1) is 12.8 Å². The van der Waals surface area contributed by atoms with Crippen molar-refractivity contribution in [2.75, 3.05) is 21.2 Å². The van der Waals surface area contributed by atoms with Crippen LogP contribution in [0.4, 0.5) is 0 Å². The number of carbonyl (C=O) groups is 3. The van der Waals surface area contributed by atoms with E-state index in [1.165, 1.54) is 29.7 Å². The van der Waals surface area contributed by atoms with Gasteiger partial charge in [0.1, 0.15) is 17.6 Å². The number of aldehydes is 1. The molecule has 1 atom stereocenters. The molecule has 1 aliphatic carbocycles. The molecule has 0 radical (unpaired) electrons. The summed E-state index contributed by atoms with van der Waals surface area (Å²) < 4.78 is 4.66. The smallest absolute Gasteiger partial charge is 0.345 e. The maximum absolute atomic E-state index is 12.7. The second kappa shape index (κ2) is 8.88. The molecule has 0 bridgehead atoms. The average Bonchev–Trinajstić information content (AvgIpc) is 3.14. The van der Waals surface area contributed by atoms with Crippen molar-refractivity contribution in [3.05, 3.63) is 40.8 Å². The number of hydrazone groups is 1. The lowest BCUT2D eigenvalue weighted by Gasteiger charge is -2.24. The Hall–Kier alpha value is -3.29. The molecule has 0 saturated heterocycles. The Balaban J connectivity index is 2.23. The molecule has 0 aromatic carbocycles. The maximum atomic E-state index is 12.7. The molecule has 9 nitrogen and oxygen atoms in total. The highest BCUT2D eigenvalue weighted by Gasteiger charge is 2.20. The van der Waals surface area contributed by atoms with E-state index in [0.29, 0.717) is 11.9 Å². The zero-order valence-electron chi connectivity index (χ0n) is 15.6. The third kappa shape index (κ3) is 5.10. The van der Waals surface area contributed by atoms with E-state index in [1.54, 1.807) is 26.2 Å². The van der Waals surface area contributed by atoms with Crippen LogP contribution in [0.2, 0.25) is 0 Å². The van der Waals surface area contributed by atoms with E-state index in [4.69, 9.17) is 0 Å². The second-order valence-corrected chi connectivity index (χ2v) is 5.96. The third-order valence-corrected chi connectivity index (χ3v) is 3.93. The molecular formula is C18H21N5O4. The van der Waals surface area contributed by atoms with E-state index in [2.05, 4.69) is 26.1 Å². The van der Waals surface area contributed by atoms with Crippen LogP contribution >= 0.6 is 0 Å². The number of ether oxygens (including phenoxy) is 1. The number of hydrazine groups is 2. The average molecular weight is 371 g/mol. The molecule has 0 unspecified atom stereocenters.